The molecule has 122 valence electrons. The Morgan fingerprint density at radius 3 is 2.75 bits per heavy atom. The maximum absolute atomic E-state index is 12.6. The first-order valence-electron chi connectivity index (χ1n) is 7.26. The predicted octanol–water partition coefficient (Wildman–Crippen LogP) is 1.74. The quantitative estimate of drug-likeness (QED) is 0.729. The van der Waals surface area contributed by atoms with Crippen molar-refractivity contribution in [3.8, 4) is 17.2 Å². The highest BCUT2D eigenvalue weighted by Gasteiger charge is 2.15. The second-order valence-corrected chi connectivity index (χ2v) is 5.31. The van der Waals surface area contributed by atoms with E-state index in [9.17, 15) is 9.59 Å². The molecule has 0 saturated carbocycles. The standard InChI is InChI=1S/C17H13NO6/c1-21-11-3-4-12-14(7-11)24-17(20)18(16(12)19)8-10-2-5-13-15(6-10)23-9-22-13/h2-7H,8-9H2,1H3. The lowest BCUT2D eigenvalue weighted by Gasteiger charge is -2.07. The summed E-state index contributed by atoms with van der Waals surface area (Å²) in [5.74, 6) is 1.02. The molecule has 0 spiro atoms. The van der Waals surface area contributed by atoms with Gasteiger partial charge in [0.2, 0.25) is 6.79 Å². The number of hydrogen-bond acceptors (Lipinski definition) is 6. The third-order valence-electron chi connectivity index (χ3n) is 3.86. The van der Waals surface area contributed by atoms with Crippen LogP contribution < -0.4 is 25.5 Å². The molecule has 1 aliphatic rings. The minimum Gasteiger partial charge on any atom is -0.497 e. The van der Waals surface area contributed by atoms with Gasteiger partial charge in [0, 0.05) is 6.07 Å². The molecule has 0 bridgehead atoms. The molecule has 0 N–H and O–H groups in total. The summed E-state index contributed by atoms with van der Waals surface area (Å²) in [4.78, 5) is 24.8. The Labute approximate surface area is 135 Å². The molecule has 7 heteroatoms. The molecule has 0 saturated heterocycles. The smallest absolute Gasteiger partial charge is 0.422 e. The first-order valence-corrected chi connectivity index (χ1v) is 7.26. The van der Waals surface area contributed by atoms with Crippen LogP contribution in [0.2, 0.25) is 0 Å². The molecule has 7 nitrogen and oxygen atoms in total. The highest BCUT2D eigenvalue weighted by atomic mass is 16.7. The topological polar surface area (TPSA) is 79.9 Å². The van der Waals surface area contributed by atoms with Crippen LogP contribution in [-0.4, -0.2) is 18.5 Å². The number of methoxy groups -OCH3 is 1. The SMILES string of the molecule is COc1ccc2c(=O)n(Cc3ccc4c(c3)OCO4)c(=O)oc2c1. The summed E-state index contributed by atoms with van der Waals surface area (Å²) in [6.45, 7) is 0.248. The summed E-state index contributed by atoms with van der Waals surface area (Å²) in [5.41, 5.74) is 0.523. The van der Waals surface area contributed by atoms with E-state index >= 15 is 0 Å². The van der Waals surface area contributed by atoms with E-state index in [1.165, 1.54) is 13.2 Å². The van der Waals surface area contributed by atoms with Crippen LogP contribution in [0.1, 0.15) is 5.56 Å². The van der Waals surface area contributed by atoms with Gasteiger partial charge in [-0.15, -0.1) is 0 Å². The van der Waals surface area contributed by atoms with Crippen molar-refractivity contribution in [2.24, 2.45) is 0 Å². The average Bonchev–Trinajstić information content (AvgIpc) is 3.05. The van der Waals surface area contributed by atoms with Crippen molar-refractivity contribution < 1.29 is 18.6 Å². The van der Waals surface area contributed by atoms with Crippen LogP contribution in [0.15, 0.2) is 50.4 Å². The zero-order chi connectivity index (χ0) is 16.7. The fourth-order valence-corrected chi connectivity index (χ4v) is 2.63. The van der Waals surface area contributed by atoms with Crippen LogP contribution in [-0.2, 0) is 6.54 Å². The van der Waals surface area contributed by atoms with Gasteiger partial charge in [-0.25, -0.2) is 9.36 Å². The Bertz CT molecular complexity index is 1050. The Kier molecular flexibility index (Phi) is 3.26. The molecular weight excluding hydrogens is 314 g/mol. The third-order valence-corrected chi connectivity index (χ3v) is 3.86. The van der Waals surface area contributed by atoms with Crippen molar-refractivity contribution in [1.82, 2.24) is 4.57 Å². The summed E-state index contributed by atoms with van der Waals surface area (Å²) in [6.07, 6.45) is 0. The van der Waals surface area contributed by atoms with Gasteiger partial charge < -0.3 is 18.6 Å². The number of fused-ring (bicyclic) bond motifs is 2. The summed E-state index contributed by atoms with van der Waals surface area (Å²) < 4.78 is 21.9. The molecule has 0 radical (unpaired) electrons. The van der Waals surface area contributed by atoms with Crippen LogP contribution in [0.3, 0.4) is 0 Å². The Balaban J connectivity index is 1.79. The molecule has 2 heterocycles. The number of hydrogen-bond donors (Lipinski definition) is 0. The lowest BCUT2D eigenvalue weighted by molar-refractivity contribution is 0.174. The normalized spacial score (nSPS) is 12.5. The highest BCUT2D eigenvalue weighted by molar-refractivity contribution is 5.76. The molecule has 1 aliphatic heterocycles. The maximum Gasteiger partial charge on any atom is 0.422 e. The molecule has 0 aliphatic carbocycles. The second-order valence-electron chi connectivity index (χ2n) is 5.31. The molecule has 0 unspecified atom stereocenters. The zero-order valence-electron chi connectivity index (χ0n) is 12.8. The van der Waals surface area contributed by atoms with Crippen LogP contribution in [0, 0.1) is 0 Å². The van der Waals surface area contributed by atoms with E-state index in [1.54, 1.807) is 30.3 Å². The van der Waals surface area contributed by atoms with Crippen molar-refractivity contribution in [3.63, 3.8) is 0 Å². The van der Waals surface area contributed by atoms with Crippen molar-refractivity contribution in [2.75, 3.05) is 13.9 Å². The zero-order valence-corrected chi connectivity index (χ0v) is 12.8. The van der Waals surface area contributed by atoms with E-state index in [0.29, 0.717) is 22.6 Å². The van der Waals surface area contributed by atoms with Crippen LogP contribution in [0.25, 0.3) is 11.0 Å². The van der Waals surface area contributed by atoms with Gasteiger partial charge in [0.15, 0.2) is 11.5 Å². The van der Waals surface area contributed by atoms with E-state index in [2.05, 4.69) is 0 Å². The van der Waals surface area contributed by atoms with E-state index in [4.69, 9.17) is 18.6 Å². The number of ether oxygens (including phenoxy) is 3. The minimum atomic E-state index is -0.724. The van der Waals surface area contributed by atoms with Gasteiger partial charge in [-0.2, -0.15) is 0 Å². The van der Waals surface area contributed by atoms with E-state index in [-0.39, 0.29) is 18.9 Å². The van der Waals surface area contributed by atoms with Crippen molar-refractivity contribution in [1.29, 1.82) is 0 Å². The number of aromatic nitrogens is 1. The first-order chi connectivity index (χ1) is 11.7. The monoisotopic (exact) mass is 327 g/mol. The Hall–Kier alpha value is -3.22. The largest absolute Gasteiger partial charge is 0.497 e. The molecule has 0 atom stereocenters. The average molecular weight is 327 g/mol. The highest BCUT2D eigenvalue weighted by Crippen LogP contribution is 2.32. The first kappa shape index (κ1) is 14.4. The molecule has 24 heavy (non-hydrogen) atoms. The van der Waals surface area contributed by atoms with Gasteiger partial charge in [-0.1, -0.05) is 6.07 Å². The lowest BCUT2D eigenvalue weighted by Crippen LogP contribution is -2.32. The molecule has 0 amide bonds. The van der Waals surface area contributed by atoms with Gasteiger partial charge in [0.25, 0.3) is 5.56 Å². The lowest BCUT2D eigenvalue weighted by atomic mass is 10.2. The van der Waals surface area contributed by atoms with Gasteiger partial charge in [0.1, 0.15) is 11.3 Å². The van der Waals surface area contributed by atoms with Crippen molar-refractivity contribution in [3.05, 3.63) is 62.9 Å². The molecule has 1 aromatic heterocycles. The molecular formula is C17H13NO6. The van der Waals surface area contributed by atoms with Crippen molar-refractivity contribution in [2.45, 2.75) is 6.54 Å². The van der Waals surface area contributed by atoms with E-state index < -0.39 is 11.3 Å². The predicted molar refractivity (Wildman–Crippen MR) is 85.0 cm³/mol. The minimum absolute atomic E-state index is 0.0831. The van der Waals surface area contributed by atoms with E-state index in [0.717, 1.165) is 10.1 Å². The number of rotatable bonds is 3. The second kappa shape index (κ2) is 5.45. The van der Waals surface area contributed by atoms with Crippen LogP contribution in [0.4, 0.5) is 0 Å². The summed E-state index contributed by atoms with van der Waals surface area (Å²) in [6, 6.07) is 10.0. The number of benzene rings is 2. The molecule has 2 aromatic carbocycles. The number of nitrogens with zero attached hydrogens (tertiary/aromatic N) is 1. The van der Waals surface area contributed by atoms with Crippen molar-refractivity contribution >= 4 is 11.0 Å². The molecule has 3 aromatic rings. The third kappa shape index (κ3) is 2.30. The Morgan fingerprint density at radius 2 is 1.92 bits per heavy atom. The van der Waals surface area contributed by atoms with Gasteiger partial charge in [-0.05, 0) is 29.8 Å². The molecule has 0 fully saturated rings. The summed E-state index contributed by atoms with van der Waals surface area (Å²) in [5, 5.41) is 0.316. The maximum atomic E-state index is 12.6. The molecule has 4 rings (SSSR count). The van der Waals surface area contributed by atoms with Gasteiger partial charge in [-0.3, -0.25) is 4.79 Å². The summed E-state index contributed by atoms with van der Waals surface area (Å²) >= 11 is 0. The fourth-order valence-electron chi connectivity index (χ4n) is 2.63. The van der Waals surface area contributed by atoms with E-state index in [1.807, 2.05) is 0 Å². The van der Waals surface area contributed by atoms with Gasteiger partial charge >= 0.3 is 5.76 Å². The van der Waals surface area contributed by atoms with Crippen LogP contribution in [0.5, 0.6) is 17.2 Å². The van der Waals surface area contributed by atoms with Gasteiger partial charge in [0.05, 0.1) is 19.0 Å². The summed E-state index contributed by atoms with van der Waals surface area (Å²) in [7, 11) is 1.50. The van der Waals surface area contributed by atoms with Crippen LogP contribution >= 0.6 is 0 Å². The fraction of sp³-hybridized carbons (Fsp3) is 0.176. The Morgan fingerprint density at radius 1 is 1.08 bits per heavy atom.